The highest BCUT2D eigenvalue weighted by Crippen LogP contribution is 2.28. The molecule has 0 spiro atoms. The monoisotopic (exact) mass is 497 g/mol. The second-order valence-electron chi connectivity index (χ2n) is 7.19. The van der Waals surface area contributed by atoms with Crippen molar-refractivity contribution in [1.29, 1.82) is 0 Å². The number of hydrogen-bond acceptors (Lipinski definition) is 7. The maximum atomic E-state index is 13.6. The number of para-hydroxylation sites is 1. The predicted molar refractivity (Wildman–Crippen MR) is 126 cm³/mol. The van der Waals surface area contributed by atoms with Crippen molar-refractivity contribution in [3.63, 3.8) is 0 Å². The molecular weight excluding hydrogens is 477 g/mol. The van der Waals surface area contributed by atoms with Crippen molar-refractivity contribution in [3.05, 3.63) is 89.7 Å². The van der Waals surface area contributed by atoms with Crippen LogP contribution in [0.25, 0.3) is 11.0 Å². The van der Waals surface area contributed by atoms with Crippen molar-refractivity contribution in [2.24, 2.45) is 5.10 Å². The summed E-state index contributed by atoms with van der Waals surface area (Å²) in [5, 5.41) is 7.01. The second kappa shape index (κ2) is 9.85. The number of carbonyl (C=O) groups excluding carboxylic acids is 1. The summed E-state index contributed by atoms with van der Waals surface area (Å²) in [6.07, 6.45) is 0. The zero-order valence-electron chi connectivity index (χ0n) is 18.6. The molecule has 180 valence electrons. The van der Waals surface area contributed by atoms with Gasteiger partial charge < -0.3 is 19.2 Å². The van der Waals surface area contributed by atoms with E-state index in [1.807, 2.05) is 0 Å². The number of rotatable bonds is 7. The van der Waals surface area contributed by atoms with E-state index in [2.05, 4.69) is 15.2 Å². The van der Waals surface area contributed by atoms with Crippen molar-refractivity contribution in [3.8, 4) is 11.5 Å². The molecular formula is C24H20FN3O6S. The molecule has 3 aromatic carbocycles. The van der Waals surface area contributed by atoms with Crippen LogP contribution in [-0.4, -0.2) is 28.5 Å². The number of hydrogen-bond donors (Lipinski definition) is 2. The quantitative estimate of drug-likeness (QED) is 0.377. The summed E-state index contributed by atoms with van der Waals surface area (Å²) in [7, 11) is -1.54. The highest BCUT2D eigenvalue weighted by Gasteiger charge is 2.21. The predicted octanol–water partition coefficient (Wildman–Crippen LogP) is 3.64. The van der Waals surface area contributed by atoms with E-state index in [-0.39, 0.29) is 33.2 Å². The number of benzene rings is 3. The normalized spacial score (nSPS) is 11.8. The van der Waals surface area contributed by atoms with E-state index in [0.717, 1.165) is 6.07 Å². The van der Waals surface area contributed by atoms with E-state index in [1.165, 1.54) is 50.6 Å². The standard InChI is InChI=1S/C24H20FN3O6S/c1-32-18-10-11-21(33-2)22(14-18)35(30,31)28-27-24-19(12-15-6-3-4-9-20(15)34-24)23(29)26-17-8-5-7-16(25)13-17/h3-14,28H,1-2H3,(H,26,29)/b27-24-. The molecule has 1 heterocycles. The second-order valence-corrected chi connectivity index (χ2v) is 8.82. The molecule has 0 bridgehead atoms. The molecule has 0 aliphatic rings. The van der Waals surface area contributed by atoms with Crippen LogP contribution in [0.3, 0.4) is 0 Å². The lowest BCUT2D eigenvalue weighted by molar-refractivity contribution is 0.102. The highest BCUT2D eigenvalue weighted by atomic mass is 32.2. The van der Waals surface area contributed by atoms with Crippen LogP contribution < -0.4 is 25.2 Å². The van der Waals surface area contributed by atoms with Crippen molar-refractivity contribution in [2.75, 3.05) is 19.5 Å². The molecule has 4 rings (SSSR count). The Labute approximate surface area is 199 Å². The van der Waals surface area contributed by atoms with Gasteiger partial charge >= 0.3 is 0 Å². The van der Waals surface area contributed by atoms with Gasteiger partial charge in [0.2, 0.25) is 5.55 Å². The summed E-state index contributed by atoms with van der Waals surface area (Å²) in [5.74, 6) is -0.859. The summed E-state index contributed by atoms with van der Waals surface area (Å²) in [5.41, 5.74) is 0.193. The average Bonchev–Trinajstić information content (AvgIpc) is 2.86. The van der Waals surface area contributed by atoms with Gasteiger partial charge in [-0.1, -0.05) is 24.3 Å². The maximum Gasteiger partial charge on any atom is 0.280 e. The zero-order valence-corrected chi connectivity index (χ0v) is 19.4. The van der Waals surface area contributed by atoms with Crippen LogP contribution in [0.15, 0.2) is 87.2 Å². The first-order chi connectivity index (χ1) is 16.8. The van der Waals surface area contributed by atoms with Gasteiger partial charge in [-0.05, 0) is 42.5 Å². The number of methoxy groups -OCH3 is 2. The fourth-order valence-electron chi connectivity index (χ4n) is 3.22. The molecule has 0 saturated carbocycles. The van der Waals surface area contributed by atoms with Gasteiger partial charge in [0.05, 0.1) is 14.2 Å². The number of anilines is 1. The Kier molecular flexibility index (Phi) is 6.69. The minimum absolute atomic E-state index is 0.0630. The molecule has 2 N–H and O–H groups in total. The van der Waals surface area contributed by atoms with Gasteiger partial charge in [-0.3, -0.25) is 4.79 Å². The lowest BCUT2D eigenvalue weighted by atomic mass is 10.1. The zero-order chi connectivity index (χ0) is 25.0. The number of amides is 1. The van der Waals surface area contributed by atoms with Crippen LogP contribution in [0.1, 0.15) is 10.4 Å². The maximum absolute atomic E-state index is 13.6. The van der Waals surface area contributed by atoms with Gasteiger partial charge in [-0.2, -0.15) is 13.2 Å². The van der Waals surface area contributed by atoms with Gasteiger partial charge in [0.1, 0.15) is 33.4 Å². The minimum Gasteiger partial charge on any atom is -0.497 e. The fourth-order valence-corrected chi connectivity index (χ4v) is 4.21. The molecule has 4 aromatic rings. The first-order valence-corrected chi connectivity index (χ1v) is 11.7. The highest BCUT2D eigenvalue weighted by molar-refractivity contribution is 7.89. The molecule has 1 amide bonds. The topological polar surface area (TPSA) is 119 Å². The van der Waals surface area contributed by atoms with Crippen molar-refractivity contribution >= 4 is 32.6 Å². The SMILES string of the molecule is COc1ccc(OC)c(S(=O)(=O)N/N=c2\oc3ccccc3cc2C(=O)Nc2cccc(F)c2)c1. The molecule has 35 heavy (non-hydrogen) atoms. The Bertz CT molecular complexity index is 1580. The molecule has 11 heteroatoms. The van der Waals surface area contributed by atoms with Crippen LogP contribution in [-0.2, 0) is 10.0 Å². The van der Waals surface area contributed by atoms with Crippen LogP contribution in [0.2, 0.25) is 0 Å². The number of fused-ring (bicyclic) bond motifs is 1. The van der Waals surface area contributed by atoms with E-state index >= 15 is 0 Å². The van der Waals surface area contributed by atoms with Crippen LogP contribution in [0.4, 0.5) is 10.1 Å². The Hall–Kier alpha value is -4.38. The van der Waals surface area contributed by atoms with E-state index in [0.29, 0.717) is 11.0 Å². The molecule has 0 aliphatic carbocycles. The third-order valence-corrected chi connectivity index (χ3v) is 6.14. The summed E-state index contributed by atoms with van der Waals surface area (Å²) >= 11 is 0. The summed E-state index contributed by atoms with van der Waals surface area (Å²) in [4.78, 5) is 14.9. The van der Waals surface area contributed by atoms with Gasteiger partial charge in [-0.25, -0.2) is 4.39 Å². The van der Waals surface area contributed by atoms with E-state index in [1.54, 1.807) is 30.3 Å². The van der Waals surface area contributed by atoms with Crippen molar-refractivity contribution < 1.29 is 31.5 Å². The lowest BCUT2D eigenvalue weighted by Gasteiger charge is -2.11. The Morgan fingerprint density at radius 1 is 0.971 bits per heavy atom. The van der Waals surface area contributed by atoms with Crippen LogP contribution in [0.5, 0.6) is 11.5 Å². The first kappa shape index (κ1) is 23.8. The van der Waals surface area contributed by atoms with Gasteiger partial charge in [0.25, 0.3) is 15.9 Å². The third kappa shape index (κ3) is 5.25. The number of carbonyl (C=O) groups is 1. The molecule has 9 nitrogen and oxygen atoms in total. The Morgan fingerprint density at radius 3 is 2.51 bits per heavy atom. The third-order valence-electron chi connectivity index (χ3n) is 4.91. The smallest absolute Gasteiger partial charge is 0.280 e. The molecule has 1 aromatic heterocycles. The average molecular weight is 498 g/mol. The van der Waals surface area contributed by atoms with Crippen molar-refractivity contribution in [2.45, 2.75) is 4.90 Å². The van der Waals surface area contributed by atoms with E-state index in [4.69, 9.17) is 13.9 Å². The fraction of sp³-hybridized carbons (Fsp3) is 0.0833. The summed E-state index contributed by atoms with van der Waals surface area (Å²) in [6, 6.07) is 17.9. The number of halogens is 1. The van der Waals surface area contributed by atoms with Crippen LogP contribution >= 0.6 is 0 Å². The van der Waals surface area contributed by atoms with Crippen LogP contribution in [0, 0.1) is 5.82 Å². The van der Waals surface area contributed by atoms with E-state index < -0.39 is 21.7 Å². The van der Waals surface area contributed by atoms with Gasteiger partial charge in [0, 0.05) is 17.1 Å². The van der Waals surface area contributed by atoms with Gasteiger partial charge in [0.15, 0.2) is 0 Å². The first-order valence-electron chi connectivity index (χ1n) is 10.2. The molecule has 0 unspecified atom stereocenters. The van der Waals surface area contributed by atoms with E-state index in [9.17, 15) is 17.6 Å². The molecule has 0 aliphatic heterocycles. The minimum atomic E-state index is -4.26. The lowest BCUT2D eigenvalue weighted by Crippen LogP contribution is -2.27. The number of nitrogens with one attached hydrogen (secondary N) is 2. The Balaban J connectivity index is 1.78. The van der Waals surface area contributed by atoms with Crippen molar-refractivity contribution in [1.82, 2.24) is 4.83 Å². The van der Waals surface area contributed by atoms with Gasteiger partial charge in [-0.15, -0.1) is 5.10 Å². The number of sulfonamides is 1. The molecule has 0 radical (unpaired) electrons. The molecule has 0 saturated heterocycles. The summed E-state index contributed by atoms with van der Waals surface area (Å²) < 4.78 is 55.5. The summed E-state index contributed by atoms with van der Waals surface area (Å²) in [6.45, 7) is 0. The number of nitrogens with zero attached hydrogens (tertiary/aromatic N) is 1. The Morgan fingerprint density at radius 2 is 1.77 bits per heavy atom. The molecule has 0 atom stereocenters. The molecule has 0 fully saturated rings. The largest absolute Gasteiger partial charge is 0.497 e. The number of ether oxygens (including phenoxy) is 2.